The second kappa shape index (κ2) is 11.8. The molecule has 0 fully saturated rings. The Balaban J connectivity index is 1.67. The molecule has 0 saturated heterocycles. The zero-order valence-electron chi connectivity index (χ0n) is 17.2. The summed E-state index contributed by atoms with van der Waals surface area (Å²) in [5.74, 6) is 0.767. The number of aliphatic imine (C=N–C) groups is 1. The minimum absolute atomic E-state index is 0.0247. The quantitative estimate of drug-likeness (QED) is 0.333. The molecule has 1 aromatic heterocycles. The van der Waals surface area contributed by atoms with Crippen LogP contribution in [0.25, 0.3) is 0 Å². The van der Waals surface area contributed by atoms with Crippen LogP contribution in [0.15, 0.2) is 41.4 Å². The summed E-state index contributed by atoms with van der Waals surface area (Å²) in [6.07, 6.45) is 1.32. The molecule has 0 unspecified atom stereocenters. The molecule has 3 N–H and O–H groups in total. The maximum Gasteiger partial charge on any atom is 0.222 e. The minimum Gasteiger partial charge on any atom is -0.357 e. The molecule has 0 atom stereocenters. The maximum atomic E-state index is 12.0. The van der Waals surface area contributed by atoms with Crippen molar-refractivity contribution in [2.24, 2.45) is 4.99 Å². The molecule has 0 aliphatic rings. The minimum atomic E-state index is 0.0247. The van der Waals surface area contributed by atoms with Crippen LogP contribution in [0.2, 0.25) is 0 Å². The van der Waals surface area contributed by atoms with Gasteiger partial charge in [-0.3, -0.25) is 14.5 Å². The van der Waals surface area contributed by atoms with E-state index < -0.39 is 0 Å². The van der Waals surface area contributed by atoms with Crippen molar-refractivity contribution in [2.75, 3.05) is 19.6 Å². The van der Waals surface area contributed by atoms with E-state index in [0.29, 0.717) is 26.1 Å². The van der Waals surface area contributed by atoms with Crippen LogP contribution in [0.1, 0.15) is 36.7 Å². The van der Waals surface area contributed by atoms with E-state index in [1.54, 1.807) is 0 Å². The number of rotatable bonds is 10. The highest BCUT2D eigenvalue weighted by molar-refractivity contribution is 5.81. The summed E-state index contributed by atoms with van der Waals surface area (Å²) in [4.78, 5) is 16.6. The topological polar surface area (TPSA) is 83.3 Å². The van der Waals surface area contributed by atoms with Gasteiger partial charge >= 0.3 is 0 Å². The molecule has 1 amide bonds. The molecule has 2 aromatic rings. The maximum absolute atomic E-state index is 12.0. The van der Waals surface area contributed by atoms with Gasteiger partial charge in [0.25, 0.3) is 0 Å². The zero-order valence-corrected chi connectivity index (χ0v) is 17.2. The number of aromatic nitrogens is 2. The largest absolute Gasteiger partial charge is 0.357 e. The van der Waals surface area contributed by atoms with Gasteiger partial charge in [-0.15, -0.1) is 0 Å². The molecule has 1 heterocycles. The predicted molar refractivity (Wildman–Crippen MR) is 113 cm³/mol. The Morgan fingerprint density at radius 2 is 1.93 bits per heavy atom. The second-order valence-electron chi connectivity index (χ2n) is 6.70. The van der Waals surface area contributed by atoms with Crippen molar-refractivity contribution >= 4 is 11.9 Å². The zero-order chi connectivity index (χ0) is 20.2. The molecule has 0 saturated carbocycles. The summed E-state index contributed by atoms with van der Waals surface area (Å²) >= 11 is 0. The van der Waals surface area contributed by atoms with Crippen LogP contribution in [-0.4, -0.2) is 41.3 Å². The average molecular weight is 385 g/mol. The molecular formula is C21H32N6O. The fourth-order valence-corrected chi connectivity index (χ4v) is 2.83. The van der Waals surface area contributed by atoms with Crippen molar-refractivity contribution in [3.8, 4) is 0 Å². The molecule has 28 heavy (non-hydrogen) atoms. The van der Waals surface area contributed by atoms with Gasteiger partial charge in [-0.2, -0.15) is 5.10 Å². The fourth-order valence-electron chi connectivity index (χ4n) is 2.83. The molecule has 0 bridgehead atoms. The molecule has 7 nitrogen and oxygen atoms in total. The number of hydrogen-bond acceptors (Lipinski definition) is 3. The lowest BCUT2D eigenvalue weighted by atomic mass is 10.2. The van der Waals surface area contributed by atoms with Gasteiger partial charge in [0.2, 0.25) is 5.91 Å². The van der Waals surface area contributed by atoms with E-state index in [9.17, 15) is 4.79 Å². The third-order valence-corrected chi connectivity index (χ3v) is 4.22. The van der Waals surface area contributed by atoms with Gasteiger partial charge in [-0.25, -0.2) is 0 Å². The number of benzene rings is 1. The van der Waals surface area contributed by atoms with Gasteiger partial charge < -0.3 is 16.0 Å². The van der Waals surface area contributed by atoms with E-state index in [1.165, 1.54) is 5.69 Å². The number of carbonyl (C=O) groups is 1. The van der Waals surface area contributed by atoms with E-state index in [2.05, 4.69) is 39.0 Å². The monoisotopic (exact) mass is 384 g/mol. The molecule has 1 aromatic carbocycles. The van der Waals surface area contributed by atoms with Crippen molar-refractivity contribution in [1.82, 2.24) is 25.7 Å². The van der Waals surface area contributed by atoms with Gasteiger partial charge in [0, 0.05) is 44.8 Å². The Kier molecular flexibility index (Phi) is 9.04. The number of aryl methyl sites for hydroxylation is 3. The lowest BCUT2D eigenvalue weighted by molar-refractivity contribution is -0.121. The van der Waals surface area contributed by atoms with Crippen LogP contribution in [0, 0.1) is 13.8 Å². The highest BCUT2D eigenvalue weighted by Crippen LogP contribution is 2.02. The van der Waals surface area contributed by atoms with E-state index in [0.717, 1.165) is 36.7 Å². The predicted octanol–water partition coefficient (Wildman–Crippen LogP) is 2.15. The molecule has 0 aliphatic heterocycles. The van der Waals surface area contributed by atoms with Crippen molar-refractivity contribution in [3.05, 3.63) is 53.3 Å². The molecule has 0 aliphatic carbocycles. The van der Waals surface area contributed by atoms with Crippen molar-refractivity contribution < 1.29 is 4.79 Å². The highest BCUT2D eigenvalue weighted by Gasteiger charge is 2.03. The summed E-state index contributed by atoms with van der Waals surface area (Å²) < 4.78 is 2.02. The number of guanidine groups is 1. The fraction of sp³-hybridized carbons (Fsp3) is 0.476. The molecule has 152 valence electrons. The molecule has 2 rings (SSSR count). The number of amides is 1. The van der Waals surface area contributed by atoms with Gasteiger partial charge in [0.1, 0.15) is 0 Å². The smallest absolute Gasteiger partial charge is 0.222 e. The molecule has 7 heteroatoms. The average Bonchev–Trinajstić information content (AvgIpc) is 3.01. The van der Waals surface area contributed by atoms with E-state index in [-0.39, 0.29) is 5.91 Å². The number of hydrogen-bond donors (Lipinski definition) is 3. The van der Waals surface area contributed by atoms with E-state index in [4.69, 9.17) is 0 Å². The van der Waals surface area contributed by atoms with Crippen LogP contribution >= 0.6 is 0 Å². The highest BCUT2D eigenvalue weighted by atomic mass is 16.1. The lowest BCUT2D eigenvalue weighted by Crippen LogP contribution is -2.39. The Morgan fingerprint density at radius 1 is 1.14 bits per heavy atom. The van der Waals surface area contributed by atoms with E-state index in [1.807, 2.05) is 48.9 Å². The lowest BCUT2D eigenvalue weighted by Gasteiger charge is -2.11. The van der Waals surface area contributed by atoms with Gasteiger partial charge in [0.05, 0.1) is 5.69 Å². The van der Waals surface area contributed by atoms with Gasteiger partial charge in [-0.1, -0.05) is 30.3 Å². The SMILES string of the molecule is CCNC(=NCCCn1nc(C)cc1C)NCCC(=O)NCc1ccccc1. The van der Waals surface area contributed by atoms with Crippen LogP contribution in [0.4, 0.5) is 0 Å². The van der Waals surface area contributed by atoms with E-state index >= 15 is 0 Å². The molecule has 0 spiro atoms. The Hall–Kier alpha value is -2.83. The summed E-state index contributed by atoms with van der Waals surface area (Å²) in [5.41, 5.74) is 3.32. The number of carbonyl (C=O) groups excluding carboxylic acids is 1. The Labute approximate surface area is 167 Å². The van der Waals surface area contributed by atoms with Crippen LogP contribution in [0.5, 0.6) is 0 Å². The normalized spacial score (nSPS) is 11.3. The summed E-state index contributed by atoms with van der Waals surface area (Å²) in [5, 5.41) is 13.8. The third kappa shape index (κ3) is 7.82. The van der Waals surface area contributed by atoms with Crippen LogP contribution in [0.3, 0.4) is 0 Å². The van der Waals surface area contributed by atoms with Crippen molar-refractivity contribution in [1.29, 1.82) is 0 Å². The molecule has 0 radical (unpaired) electrons. The first kappa shape index (κ1) is 21.5. The van der Waals surface area contributed by atoms with Gasteiger partial charge in [0.15, 0.2) is 5.96 Å². The van der Waals surface area contributed by atoms with Crippen molar-refractivity contribution in [2.45, 2.75) is 46.7 Å². The van der Waals surface area contributed by atoms with Crippen LogP contribution in [-0.2, 0) is 17.9 Å². The summed E-state index contributed by atoms with van der Waals surface area (Å²) in [7, 11) is 0. The number of nitrogens with one attached hydrogen (secondary N) is 3. The second-order valence-corrected chi connectivity index (χ2v) is 6.70. The molecular weight excluding hydrogens is 352 g/mol. The number of nitrogens with zero attached hydrogens (tertiary/aromatic N) is 3. The Bertz CT molecular complexity index is 754. The van der Waals surface area contributed by atoms with Crippen molar-refractivity contribution in [3.63, 3.8) is 0 Å². The first-order valence-electron chi connectivity index (χ1n) is 9.92. The first-order valence-corrected chi connectivity index (χ1v) is 9.92. The standard InChI is InChI=1S/C21H32N6O/c1-4-22-21(23-12-8-14-27-18(3)15-17(2)26-27)24-13-11-20(28)25-16-19-9-6-5-7-10-19/h5-7,9-10,15H,4,8,11-14,16H2,1-3H3,(H,25,28)(H2,22,23,24). The summed E-state index contributed by atoms with van der Waals surface area (Å²) in [6, 6.07) is 12.0. The third-order valence-electron chi connectivity index (χ3n) is 4.22. The first-order chi connectivity index (χ1) is 13.6. The summed E-state index contributed by atoms with van der Waals surface area (Å²) in [6.45, 7) is 9.54. The van der Waals surface area contributed by atoms with Crippen LogP contribution < -0.4 is 16.0 Å². The van der Waals surface area contributed by atoms with Gasteiger partial charge in [-0.05, 0) is 38.8 Å². The Morgan fingerprint density at radius 3 is 2.61 bits per heavy atom.